The Labute approximate surface area is 118 Å². The first-order chi connectivity index (χ1) is 9.69. The minimum atomic E-state index is -0.602. The molecule has 0 bridgehead atoms. The van der Waals surface area contributed by atoms with E-state index in [0.717, 1.165) is 18.5 Å². The Kier molecular flexibility index (Phi) is 4.95. The second kappa shape index (κ2) is 6.91. The first-order valence-corrected chi connectivity index (χ1v) is 6.70. The Morgan fingerprint density at radius 3 is 2.85 bits per heavy atom. The topological polar surface area (TPSA) is 91.4 Å². The summed E-state index contributed by atoms with van der Waals surface area (Å²) in [6.07, 6.45) is 0.356. The third-order valence-corrected chi connectivity index (χ3v) is 3.37. The number of likely N-dealkylation sites (tertiary alicyclic amines) is 1. The minimum Gasteiger partial charge on any atom is -0.444 e. The third kappa shape index (κ3) is 3.96. The maximum atomic E-state index is 11.6. The first kappa shape index (κ1) is 14.3. The van der Waals surface area contributed by atoms with Crippen LogP contribution in [0.1, 0.15) is 12.0 Å². The van der Waals surface area contributed by atoms with Crippen LogP contribution in [0.5, 0.6) is 0 Å². The normalized spacial score (nSPS) is 17.9. The summed E-state index contributed by atoms with van der Waals surface area (Å²) in [6, 6.07) is 9.43. The summed E-state index contributed by atoms with van der Waals surface area (Å²) < 4.78 is 5.07. The highest BCUT2D eigenvalue weighted by Crippen LogP contribution is 2.14. The van der Waals surface area contributed by atoms with E-state index in [4.69, 9.17) is 15.9 Å². The van der Waals surface area contributed by atoms with Gasteiger partial charge in [-0.25, -0.2) is 4.79 Å². The van der Waals surface area contributed by atoms with Crippen molar-refractivity contribution in [1.29, 1.82) is 5.41 Å². The van der Waals surface area contributed by atoms with Crippen LogP contribution in [0.25, 0.3) is 0 Å². The van der Waals surface area contributed by atoms with E-state index >= 15 is 0 Å². The number of nitrogens with two attached hydrogens (primary N) is 1. The SMILES string of the molecule is N=C(NC(=O)OCc1ccccc1)N1CCC(CN)C1. The zero-order valence-electron chi connectivity index (χ0n) is 11.3. The molecule has 1 aromatic carbocycles. The van der Waals surface area contributed by atoms with Gasteiger partial charge >= 0.3 is 6.09 Å². The standard InChI is InChI=1S/C14H20N4O2/c15-8-12-6-7-18(9-12)13(16)17-14(19)20-10-11-4-2-1-3-5-11/h1-5,12H,6-10,15H2,(H2,16,17,19). The smallest absolute Gasteiger partial charge is 0.414 e. The molecule has 2 rings (SSSR count). The molecule has 1 aliphatic rings. The number of alkyl carbamates (subject to hydrolysis) is 1. The van der Waals surface area contributed by atoms with Crippen LogP contribution in [-0.4, -0.2) is 36.6 Å². The van der Waals surface area contributed by atoms with Gasteiger partial charge in [0.1, 0.15) is 6.61 Å². The van der Waals surface area contributed by atoms with Crippen molar-refractivity contribution in [1.82, 2.24) is 10.2 Å². The first-order valence-electron chi connectivity index (χ1n) is 6.70. The maximum absolute atomic E-state index is 11.6. The molecule has 4 N–H and O–H groups in total. The van der Waals surface area contributed by atoms with Crippen molar-refractivity contribution in [2.24, 2.45) is 11.7 Å². The van der Waals surface area contributed by atoms with Gasteiger partial charge in [-0.3, -0.25) is 10.7 Å². The molecule has 0 aliphatic carbocycles. The van der Waals surface area contributed by atoms with Gasteiger partial charge in [0.15, 0.2) is 0 Å². The van der Waals surface area contributed by atoms with Gasteiger partial charge in [-0.05, 0) is 24.4 Å². The fraction of sp³-hybridized carbons (Fsp3) is 0.429. The molecule has 1 heterocycles. The molecule has 1 amide bonds. The molecule has 1 fully saturated rings. The molecule has 108 valence electrons. The summed E-state index contributed by atoms with van der Waals surface area (Å²) in [4.78, 5) is 13.4. The van der Waals surface area contributed by atoms with Gasteiger partial charge in [-0.2, -0.15) is 0 Å². The number of nitrogens with zero attached hydrogens (tertiary/aromatic N) is 1. The molecule has 0 saturated carbocycles. The van der Waals surface area contributed by atoms with Gasteiger partial charge in [0.25, 0.3) is 0 Å². The van der Waals surface area contributed by atoms with E-state index in [1.165, 1.54) is 0 Å². The highest BCUT2D eigenvalue weighted by atomic mass is 16.5. The number of amides is 1. The maximum Gasteiger partial charge on any atom is 0.414 e. The molecule has 0 aromatic heterocycles. The van der Waals surface area contributed by atoms with Crippen molar-refractivity contribution in [3.8, 4) is 0 Å². The monoisotopic (exact) mass is 276 g/mol. The molecule has 0 radical (unpaired) electrons. The summed E-state index contributed by atoms with van der Waals surface area (Å²) in [5.74, 6) is 0.483. The van der Waals surface area contributed by atoms with E-state index in [1.54, 1.807) is 4.90 Å². The van der Waals surface area contributed by atoms with Crippen molar-refractivity contribution in [2.45, 2.75) is 13.0 Å². The highest BCUT2D eigenvalue weighted by Gasteiger charge is 2.24. The van der Waals surface area contributed by atoms with E-state index in [0.29, 0.717) is 19.0 Å². The van der Waals surface area contributed by atoms with Crippen LogP contribution < -0.4 is 11.1 Å². The molecule has 1 aliphatic heterocycles. The molecule has 20 heavy (non-hydrogen) atoms. The van der Waals surface area contributed by atoms with Crippen LogP contribution in [-0.2, 0) is 11.3 Å². The minimum absolute atomic E-state index is 0.0824. The summed E-state index contributed by atoms with van der Waals surface area (Å²) >= 11 is 0. The summed E-state index contributed by atoms with van der Waals surface area (Å²) in [5.41, 5.74) is 6.52. The molecule has 1 atom stereocenters. The Balaban J connectivity index is 1.73. The lowest BCUT2D eigenvalue weighted by atomic mass is 10.1. The number of guanidine groups is 1. The lowest BCUT2D eigenvalue weighted by Crippen LogP contribution is -2.42. The van der Waals surface area contributed by atoms with Gasteiger partial charge in [0, 0.05) is 13.1 Å². The Bertz CT molecular complexity index is 464. The van der Waals surface area contributed by atoms with Crippen molar-refractivity contribution >= 4 is 12.1 Å². The van der Waals surface area contributed by atoms with E-state index in [-0.39, 0.29) is 12.6 Å². The Morgan fingerprint density at radius 2 is 2.20 bits per heavy atom. The van der Waals surface area contributed by atoms with E-state index in [2.05, 4.69) is 5.32 Å². The van der Waals surface area contributed by atoms with Gasteiger partial charge < -0.3 is 15.4 Å². The number of hydrogen-bond acceptors (Lipinski definition) is 4. The molecular formula is C14H20N4O2. The molecule has 1 unspecified atom stereocenters. The lowest BCUT2D eigenvalue weighted by molar-refractivity contribution is 0.144. The van der Waals surface area contributed by atoms with E-state index in [1.807, 2.05) is 30.3 Å². The number of carbonyl (C=O) groups excluding carboxylic acids is 1. The highest BCUT2D eigenvalue weighted by molar-refractivity contribution is 5.92. The van der Waals surface area contributed by atoms with Crippen LogP contribution in [0, 0.1) is 11.3 Å². The molecule has 6 heteroatoms. The van der Waals surface area contributed by atoms with Crippen molar-refractivity contribution in [3.05, 3.63) is 35.9 Å². The zero-order valence-corrected chi connectivity index (χ0v) is 11.3. The summed E-state index contributed by atoms with van der Waals surface area (Å²) in [7, 11) is 0. The predicted octanol–water partition coefficient (Wildman–Crippen LogP) is 1.13. The van der Waals surface area contributed by atoms with Crippen molar-refractivity contribution in [3.63, 3.8) is 0 Å². The van der Waals surface area contributed by atoms with Gasteiger partial charge in [0.2, 0.25) is 5.96 Å². The Hall–Kier alpha value is -2.08. The van der Waals surface area contributed by atoms with Gasteiger partial charge in [0.05, 0.1) is 0 Å². The quantitative estimate of drug-likeness (QED) is 0.570. The molecule has 6 nitrogen and oxygen atoms in total. The van der Waals surface area contributed by atoms with Crippen LogP contribution >= 0.6 is 0 Å². The largest absolute Gasteiger partial charge is 0.444 e. The fourth-order valence-electron chi connectivity index (χ4n) is 2.16. The zero-order chi connectivity index (χ0) is 14.4. The number of rotatable bonds is 3. The number of benzene rings is 1. The second-order valence-electron chi connectivity index (χ2n) is 4.87. The number of ether oxygens (including phenoxy) is 1. The van der Waals surface area contributed by atoms with E-state index < -0.39 is 6.09 Å². The lowest BCUT2D eigenvalue weighted by Gasteiger charge is -2.19. The predicted molar refractivity (Wildman–Crippen MR) is 76.2 cm³/mol. The molecule has 0 spiro atoms. The molecule has 1 aromatic rings. The van der Waals surface area contributed by atoms with Gasteiger partial charge in [-0.15, -0.1) is 0 Å². The average molecular weight is 276 g/mol. The van der Waals surface area contributed by atoms with Crippen LogP contribution in [0.3, 0.4) is 0 Å². The van der Waals surface area contributed by atoms with Crippen LogP contribution in [0.4, 0.5) is 4.79 Å². The summed E-state index contributed by atoms with van der Waals surface area (Å²) in [6.45, 7) is 2.28. The fourth-order valence-corrected chi connectivity index (χ4v) is 2.16. The van der Waals surface area contributed by atoms with Crippen LogP contribution in [0.15, 0.2) is 30.3 Å². The summed E-state index contributed by atoms with van der Waals surface area (Å²) in [5, 5.41) is 10.3. The second-order valence-corrected chi connectivity index (χ2v) is 4.87. The average Bonchev–Trinajstić information content (AvgIpc) is 2.95. The number of carbonyl (C=O) groups is 1. The molecule has 1 saturated heterocycles. The third-order valence-electron chi connectivity index (χ3n) is 3.37. The number of hydrogen-bond donors (Lipinski definition) is 3. The van der Waals surface area contributed by atoms with Crippen molar-refractivity contribution < 1.29 is 9.53 Å². The molecular weight excluding hydrogens is 256 g/mol. The van der Waals surface area contributed by atoms with Crippen LogP contribution in [0.2, 0.25) is 0 Å². The van der Waals surface area contributed by atoms with Gasteiger partial charge in [-0.1, -0.05) is 30.3 Å². The number of nitrogens with one attached hydrogen (secondary N) is 2. The van der Waals surface area contributed by atoms with Crippen molar-refractivity contribution in [2.75, 3.05) is 19.6 Å². The van der Waals surface area contributed by atoms with E-state index in [9.17, 15) is 4.79 Å². The Morgan fingerprint density at radius 1 is 1.45 bits per heavy atom.